The van der Waals surface area contributed by atoms with Gasteiger partial charge in [-0.3, -0.25) is 4.79 Å². The molecule has 228 valence electrons. The zero-order valence-electron chi connectivity index (χ0n) is 23.7. The van der Waals surface area contributed by atoms with Gasteiger partial charge in [0.1, 0.15) is 22.3 Å². The van der Waals surface area contributed by atoms with Crippen molar-refractivity contribution >= 4 is 60.5 Å². The first-order valence-corrected chi connectivity index (χ1v) is 17.0. The van der Waals surface area contributed by atoms with E-state index in [0.29, 0.717) is 35.3 Å². The molecule has 5 rings (SSSR count). The monoisotopic (exact) mass is 666 g/mol. The second-order valence-electron chi connectivity index (χ2n) is 10.7. The minimum absolute atomic E-state index is 0.0160. The van der Waals surface area contributed by atoms with Crippen LogP contribution in [0.1, 0.15) is 40.9 Å². The molecule has 0 bridgehead atoms. The van der Waals surface area contributed by atoms with E-state index in [1.807, 2.05) is 6.07 Å². The number of carbonyl (C=O) groups excluding carboxylic acids is 1. The largest absolute Gasteiger partial charge is 0.496 e. The fourth-order valence-corrected chi connectivity index (χ4v) is 8.35. The lowest BCUT2D eigenvalue weighted by atomic mass is 9.89. The Morgan fingerprint density at radius 3 is 2.30 bits per heavy atom. The molecular weight excluding hydrogens is 637 g/mol. The first-order chi connectivity index (χ1) is 20.4. The number of amides is 1. The first kappa shape index (κ1) is 31.7. The molecule has 4 aromatic rings. The highest BCUT2D eigenvalue weighted by Crippen LogP contribution is 2.41. The van der Waals surface area contributed by atoms with Gasteiger partial charge in [0.25, 0.3) is 5.91 Å². The third-order valence-electron chi connectivity index (χ3n) is 7.97. The second kappa shape index (κ2) is 12.7. The van der Waals surface area contributed by atoms with Crippen LogP contribution < -0.4 is 4.74 Å². The van der Waals surface area contributed by atoms with Crippen molar-refractivity contribution in [3.63, 3.8) is 0 Å². The van der Waals surface area contributed by atoms with Crippen molar-refractivity contribution in [1.29, 1.82) is 0 Å². The number of thiophene rings is 1. The Morgan fingerprint density at radius 2 is 1.67 bits per heavy atom. The molecule has 0 atom stereocenters. The molecule has 0 radical (unpaired) electrons. The van der Waals surface area contributed by atoms with E-state index in [4.69, 9.17) is 28.1 Å². The number of ether oxygens (including phenoxy) is 1. The summed E-state index contributed by atoms with van der Waals surface area (Å²) in [6.07, 6.45) is 3.95. The lowest BCUT2D eigenvalue weighted by Gasteiger charge is -2.38. The third-order valence-corrected chi connectivity index (χ3v) is 11.1. The molecular formula is C31H30Cl2F2N2O4S2. The van der Waals surface area contributed by atoms with Crippen molar-refractivity contribution in [1.82, 2.24) is 9.32 Å². The molecule has 1 aliphatic carbocycles. The zero-order chi connectivity index (χ0) is 31.1. The lowest BCUT2D eigenvalue weighted by molar-refractivity contribution is 0.0589. The predicted octanol–water partition coefficient (Wildman–Crippen LogP) is 7.95. The van der Waals surface area contributed by atoms with Gasteiger partial charge in [-0.1, -0.05) is 35.9 Å². The summed E-state index contributed by atoms with van der Waals surface area (Å²) in [5.74, 6) is -1.30. The van der Waals surface area contributed by atoms with Gasteiger partial charge in [0, 0.05) is 43.1 Å². The topological polar surface area (TPSA) is 66.9 Å². The SMILES string of the molecule is COc1ccc(-c2ccccc2S(C)(=O)=O)cc1CN(C(=O)c1sc2c(F)ccc(F)c2c1Cl)[C@H]1CC[C@H](N(C)Cl)CC1. The third kappa shape index (κ3) is 6.40. The van der Waals surface area contributed by atoms with Crippen LogP contribution in [0.3, 0.4) is 0 Å². The molecule has 1 saturated carbocycles. The molecule has 1 fully saturated rings. The van der Waals surface area contributed by atoms with Gasteiger partial charge in [0.15, 0.2) is 9.84 Å². The van der Waals surface area contributed by atoms with Crippen LogP contribution in [0.2, 0.25) is 5.02 Å². The van der Waals surface area contributed by atoms with Crippen LogP contribution in [0.4, 0.5) is 8.78 Å². The van der Waals surface area contributed by atoms with Gasteiger partial charge < -0.3 is 9.64 Å². The van der Waals surface area contributed by atoms with E-state index >= 15 is 0 Å². The molecule has 1 aromatic heterocycles. The molecule has 12 heteroatoms. The average Bonchev–Trinajstić information content (AvgIpc) is 3.35. The number of methoxy groups -OCH3 is 1. The number of halogens is 4. The highest BCUT2D eigenvalue weighted by atomic mass is 35.5. The van der Waals surface area contributed by atoms with E-state index in [1.54, 1.807) is 52.8 Å². The maximum Gasteiger partial charge on any atom is 0.266 e. The fraction of sp³-hybridized carbons (Fsp3) is 0.323. The summed E-state index contributed by atoms with van der Waals surface area (Å²) in [5, 5.41) is -0.233. The number of fused-ring (bicyclic) bond motifs is 1. The Hall–Kier alpha value is -2.76. The number of rotatable bonds is 8. The molecule has 1 aliphatic rings. The first-order valence-electron chi connectivity index (χ1n) is 13.6. The number of nitrogens with zero attached hydrogens (tertiary/aromatic N) is 2. The number of hydrogen-bond acceptors (Lipinski definition) is 6. The van der Waals surface area contributed by atoms with Crippen molar-refractivity contribution in [2.75, 3.05) is 20.4 Å². The Bertz CT molecular complexity index is 1790. The summed E-state index contributed by atoms with van der Waals surface area (Å²) >= 11 is 13.6. The normalized spacial score (nSPS) is 17.4. The van der Waals surface area contributed by atoms with Crippen LogP contribution in [-0.2, 0) is 16.4 Å². The van der Waals surface area contributed by atoms with Crippen LogP contribution in [0, 0.1) is 11.6 Å². The van der Waals surface area contributed by atoms with Crippen LogP contribution in [-0.4, -0.2) is 56.1 Å². The van der Waals surface area contributed by atoms with Gasteiger partial charge in [-0.2, -0.15) is 0 Å². The van der Waals surface area contributed by atoms with Gasteiger partial charge in [-0.25, -0.2) is 21.6 Å². The van der Waals surface area contributed by atoms with Gasteiger partial charge >= 0.3 is 0 Å². The predicted molar refractivity (Wildman–Crippen MR) is 168 cm³/mol. The molecule has 0 saturated heterocycles. The summed E-state index contributed by atoms with van der Waals surface area (Å²) in [6, 6.07) is 14.0. The van der Waals surface area contributed by atoms with Gasteiger partial charge in [0.2, 0.25) is 0 Å². The Kier molecular flexibility index (Phi) is 9.34. The summed E-state index contributed by atoms with van der Waals surface area (Å²) in [5.41, 5.74) is 1.81. The van der Waals surface area contributed by atoms with Crippen molar-refractivity contribution in [3.05, 3.63) is 81.7 Å². The number of hydrogen-bond donors (Lipinski definition) is 0. The van der Waals surface area contributed by atoms with Crippen LogP contribution >= 0.6 is 34.7 Å². The summed E-state index contributed by atoms with van der Waals surface area (Å²) < 4.78 is 61.7. The number of carbonyl (C=O) groups is 1. The highest BCUT2D eigenvalue weighted by molar-refractivity contribution is 7.90. The second-order valence-corrected chi connectivity index (χ2v) is 14.6. The van der Waals surface area contributed by atoms with Gasteiger partial charge in [-0.15, -0.1) is 11.3 Å². The Balaban J connectivity index is 1.59. The van der Waals surface area contributed by atoms with Crippen LogP contribution in [0.25, 0.3) is 21.2 Å². The number of sulfone groups is 1. The molecule has 6 nitrogen and oxygen atoms in total. The molecule has 3 aromatic carbocycles. The lowest BCUT2D eigenvalue weighted by Crippen LogP contribution is -2.44. The standard InChI is InChI=1S/C31H30Cl2F2N2O4S2/c1-36(33)20-9-11-21(12-10-20)37(31(38)30-28(32)27-23(34)13-14-24(35)29(27)42-30)17-19-16-18(8-15-25(19)41-2)22-6-4-5-7-26(22)43(3,39)40/h4-8,13-16,20-21H,9-12,17H2,1-3H3/t20-,21-. The molecule has 0 aliphatic heterocycles. The molecule has 0 unspecified atom stereocenters. The van der Waals surface area contributed by atoms with Gasteiger partial charge in [-0.05, 0) is 73.4 Å². The molecule has 43 heavy (non-hydrogen) atoms. The van der Waals surface area contributed by atoms with E-state index in [-0.39, 0.29) is 43.5 Å². The quantitative estimate of drug-likeness (QED) is 0.179. The minimum Gasteiger partial charge on any atom is -0.496 e. The maximum absolute atomic E-state index is 14.7. The summed E-state index contributed by atoms with van der Waals surface area (Å²) in [4.78, 5) is 16.2. The minimum atomic E-state index is -3.52. The van der Waals surface area contributed by atoms with Crippen LogP contribution in [0.5, 0.6) is 5.75 Å². The maximum atomic E-state index is 14.7. The van der Waals surface area contributed by atoms with E-state index in [2.05, 4.69) is 0 Å². The van der Waals surface area contributed by atoms with Crippen molar-refractivity contribution in [2.24, 2.45) is 0 Å². The highest BCUT2D eigenvalue weighted by Gasteiger charge is 2.34. The zero-order valence-corrected chi connectivity index (χ0v) is 26.9. The molecule has 0 N–H and O–H groups in total. The van der Waals surface area contributed by atoms with Gasteiger partial charge in [0.05, 0.1) is 27.1 Å². The fourth-order valence-electron chi connectivity index (χ4n) is 5.74. The Morgan fingerprint density at radius 1 is 1.02 bits per heavy atom. The van der Waals surface area contributed by atoms with E-state index in [1.165, 1.54) is 7.11 Å². The van der Waals surface area contributed by atoms with Crippen molar-refractivity contribution in [3.8, 4) is 16.9 Å². The molecule has 1 amide bonds. The van der Waals surface area contributed by atoms with Crippen LogP contribution in [0.15, 0.2) is 59.5 Å². The Labute approximate surface area is 263 Å². The molecule has 1 heterocycles. The van der Waals surface area contributed by atoms with E-state index < -0.39 is 27.4 Å². The molecule has 0 spiro atoms. The average molecular weight is 668 g/mol. The van der Waals surface area contributed by atoms with E-state index in [0.717, 1.165) is 42.6 Å². The smallest absolute Gasteiger partial charge is 0.266 e. The summed E-state index contributed by atoms with van der Waals surface area (Å²) in [6.45, 7) is 0.0957. The van der Waals surface area contributed by atoms with Crippen molar-refractivity contribution < 1.29 is 26.7 Å². The summed E-state index contributed by atoms with van der Waals surface area (Å²) in [7, 11) is -0.197. The number of benzene rings is 3. The van der Waals surface area contributed by atoms with E-state index in [9.17, 15) is 22.0 Å². The van der Waals surface area contributed by atoms with Crippen molar-refractivity contribution in [2.45, 2.75) is 49.2 Å².